The minimum absolute atomic E-state index is 0.232. The van der Waals surface area contributed by atoms with Crippen LogP contribution in [0.1, 0.15) is 10.8 Å². The molecule has 0 fully saturated rings. The molecule has 0 aliphatic rings. The molecule has 3 heteroatoms. The van der Waals surface area contributed by atoms with E-state index in [1.807, 2.05) is 35.3 Å². The van der Waals surface area contributed by atoms with E-state index in [-0.39, 0.29) is 5.25 Å². The van der Waals surface area contributed by atoms with E-state index in [4.69, 9.17) is 0 Å². The minimum Gasteiger partial charge on any atom is -0.114 e. The molecule has 0 saturated carbocycles. The Hall–Kier alpha value is -2.33. The predicted octanol–water partition coefficient (Wildman–Crippen LogP) is 8.95. The van der Waals surface area contributed by atoms with Crippen LogP contribution in [0.4, 0.5) is 0 Å². The molecule has 0 N–H and O–H groups in total. The van der Waals surface area contributed by atoms with E-state index < -0.39 is 0 Å². The topological polar surface area (TPSA) is 0 Å². The van der Waals surface area contributed by atoms with Gasteiger partial charge in [-0.3, -0.25) is 0 Å². The maximum absolute atomic E-state index is 2.41. The van der Waals surface area contributed by atoms with Gasteiger partial charge in [0.1, 0.15) is 0 Å². The molecule has 0 radical (unpaired) electrons. The second-order valence-corrected chi connectivity index (χ2v) is 10.3. The first-order chi connectivity index (χ1) is 14.9. The number of benzene rings is 4. The molecule has 30 heavy (non-hydrogen) atoms. The first-order valence-electron chi connectivity index (χ1n) is 9.81. The van der Waals surface area contributed by atoms with Crippen molar-refractivity contribution in [1.29, 1.82) is 0 Å². The van der Waals surface area contributed by atoms with Crippen molar-refractivity contribution in [1.82, 2.24) is 0 Å². The molecule has 1 atom stereocenters. The van der Waals surface area contributed by atoms with Crippen LogP contribution >= 0.6 is 35.3 Å². The monoisotopic (exact) mass is 442 g/mol. The van der Waals surface area contributed by atoms with Gasteiger partial charge in [0.25, 0.3) is 0 Å². The highest BCUT2D eigenvalue weighted by Crippen LogP contribution is 2.44. The molecule has 0 saturated heterocycles. The van der Waals surface area contributed by atoms with Crippen LogP contribution in [-0.2, 0) is 0 Å². The molecule has 0 bridgehead atoms. The van der Waals surface area contributed by atoms with Crippen LogP contribution in [0.3, 0.4) is 0 Å². The second kappa shape index (κ2) is 11.2. The zero-order valence-electron chi connectivity index (χ0n) is 16.4. The summed E-state index contributed by atoms with van der Waals surface area (Å²) in [6, 6.07) is 42.6. The molecular weight excluding hydrogens is 420 g/mol. The Morgan fingerprint density at radius 2 is 0.900 bits per heavy atom. The van der Waals surface area contributed by atoms with Crippen molar-refractivity contribution >= 4 is 35.3 Å². The van der Waals surface area contributed by atoms with Crippen molar-refractivity contribution < 1.29 is 0 Å². The van der Waals surface area contributed by atoms with Crippen molar-refractivity contribution in [3.05, 3.63) is 137 Å². The van der Waals surface area contributed by atoms with Crippen LogP contribution < -0.4 is 0 Å². The van der Waals surface area contributed by atoms with Crippen LogP contribution in [-0.4, -0.2) is 0 Å². The molecule has 4 rings (SSSR count). The lowest BCUT2D eigenvalue weighted by atomic mass is 10.1. The first-order valence-corrected chi connectivity index (χ1v) is 12.3. The van der Waals surface area contributed by atoms with Gasteiger partial charge in [-0.2, -0.15) is 0 Å². The van der Waals surface area contributed by atoms with Gasteiger partial charge in [-0.15, -0.1) is 11.8 Å². The first kappa shape index (κ1) is 20.9. The van der Waals surface area contributed by atoms with E-state index in [1.54, 1.807) is 0 Å². The van der Waals surface area contributed by atoms with Crippen molar-refractivity contribution in [2.75, 3.05) is 0 Å². The smallest absolute Gasteiger partial charge is 0.0543 e. The van der Waals surface area contributed by atoms with Gasteiger partial charge in [0.2, 0.25) is 0 Å². The van der Waals surface area contributed by atoms with Crippen molar-refractivity contribution in [2.45, 2.75) is 19.9 Å². The van der Waals surface area contributed by atoms with Gasteiger partial charge in [-0.05, 0) is 48.0 Å². The molecule has 0 heterocycles. The predicted molar refractivity (Wildman–Crippen MR) is 134 cm³/mol. The fourth-order valence-corrected chi connectivity index (χ4v) is 6.39. The molecule has 0 amide bonds. The van der Waals surface area contributed by atoms with Gasteiger partial charge in [0.15, 0.2) is 0 Å². The lowest BCUT2D eigenvalue weighted by Gasteiger charge is -2.16. The van der Waals surface area contributed by atoms with E-state index >= 15 is 0 Å². The summed E-state index contributed by atoms with van der Waals surface area (Å²) in [5, 5.41) is 0.232. The van der Waals surface area contributed by atoms with Gasteiger partial charge in [0.05, 0.1) is 5.25 Å². The molecular formula is C27H22S3. The summed E-state index contributed by atoms with van der Waals surface area (Å²) in [5.41, 5.74) is 1.31. The number of hydrogen-bond acceptors (Lipinski definition) is 3. The van der Waals surface area contributed by atoms with Crippen LogP contribution in [0.2, 0.25) is 0 Å². The molecule has 0 aromatic heterocycles. The summed E-state index contributed by atoms with van der Waals surface area (Å²) in [4.78, 5) is 3.78. The minimum atomic E-state index is 0.232. The number of hydrogen-bond donors (Lipinski definition) is 0. The van der Waals surface area contributed by atoms with Crippen LogP contribution in [0, 0.1) is 0 Å². The van der Waals surface area contributed by atoms with Crippen molar-refractivity contribution in [3.63, 3.8) is 0 Å². The Labute approximate surface area is 191 Å². The molecule has 148 valence electrons. The molecule has 4 aromatic carbocycles. The van der Waals surface area contributed by atoms with E-state index in [0.717, 1.165) is 0 Å². The standard InChI is InChI=1S/C27H22S3/c1-5-13-22(14-6-1)26(28-23-15-7-2-8-16-23)21-27(29-24-17-9-3-10-18-24)30-25-19-11-4-12-20-25/h1-21,26H/t26-/m1/s1. The summed E-state index contributed by atoms with van der Waals surface area (Å²) >= 11 is 5.54. The Bertz CT molecular complexity index is 1000. The third kappa shape index (κ3) is 6.33. The molecule has 0 spiro atoms. The average Bonchev–Trinajstić information content (AvgIpc) is 2.81. The van der Waals surface area contributed by atoms with Gasteiger partial charge in [0, 0.05) is 18.9 Å². The lowest BCUT2D eigenvalue weighted by molar-refractivity contribution is 1.22. The zero-order chi connectivity index (χ0) is 20.4. The van der Waals surface area contributed by atoms with Crippen molar-refractivity contribution in [3.8, 4) is 0 Å². The second-order valence-electron chi connectivity index (χ2n) is 6.58. The molecule has 4 aromatic rings. The molecule has 0 aliphatic carbocycles. The highest BCUT2D eigenvalue weighted by atomic mass is 32.2. The zero-order valence-corrected chi connectivity index (χ0v) is 18.9. The van der Waals surface area contributed by atoms with E-state index in [9.17, 15) is 0 Å². The Morgan fingerprint density at radius 1 is 0.500 bits per heavy atom. The van der Waals surface area contributed by atoms with Gasteiger partial charge in [-0.25, -0.2) is 0 Å². The van der Waals surface area contributed by atoms with Crippen LogP contribution in [0.5, 0.6) is 0 Å². The third-order valence-corrected chi connectivity index (χ3v) is 7.74. The highest BCUT2D eigenvalue weighted by molar-refractivity contribution is 8.22. The van der Waals surface area contributed by atoms with Crippen LogP contribution in [0.15, 0.2) is 146 Å². The maximum atomic E-state index is 2.41. The largest absolute Gasteiger partial charge is 0.114 e. The molecule has 0 unspecified atom stereocenters. The van der Waals surface area contributed by atoms with Crippen LogP contribution in [0.25, 0.3) is 0 Å². The van der Waals surface area contributed by atoms with Gasteiger partial charge < -0.3 is 0 Å². The van der Waals surface area contributed by atoms with Gasteiger partial charge >= 0.3 is 0 Å². The summed E-state index contributed by atoms with van der Waals surface area (Å²) in [7, 11) is 0. The van der Waals surface area contributed by atoms with Gasteiger partial charge in [-0.1, -0.05) is 108 Å². The van der Waals surface area contributed by atoms with E-state index in [1.165, 1.54) is 24.5 Å². The summed E-state index contributed by atoms with van der Waals surface area (Å²) < 4.78 is 1.28. The van der Waals surface area contributed by atoms with Crippen molar-refractivity contribution in [2.24, 2.45) is 0 Å². The quantitative estimate of drug-likeness (QED) is 0.250. The summed E-state index contributed by atoms with van der Waals surface area (Å²) in [5.74, 6) is 0. The molecule has 0 nitrogen and oxygen atoms in total. The van der Waals surface area contributed by atoms with E-state index in [0.29, 0.717) is 0 Å². The Balaban J connectivity index is 1.68. The normalized spacial score (nSPS) is 11.6. The lowest BCUT2D eigenvalue weighted by Crippen LogP contribution is -1.91. The highest BCUT2D eigenvalue weighted by Gasteiger charge is 2.14. The fraction of sp³-hybridized carbons (Fsp3) is 0.0370. The SMILES string of the molecule is C(=C(Sc1ccccc1)Sc1ccccc1)[C@@H](Sc1ccccc1)c1ccccc1. The Kier molecular flexibility index (Phi) is 7.79. The average molecular weight is 443 g/mol. The fourth-order valence-electron chi connectivity index (χ4n) is 2.91. The Morgan fingerprint density at radius 3 is 1.37 bits per heavy atom. The third-order valence-electron chi connectivity index (χ3n) is 4.35. The summed E-state index contributed by atoms with van der Waals surface area (Å²) in [6.45, 7) is 0. The maximum Gasteiger partial charge on any atom is 0.0543 e. The van der Waals surface area contributed by atoms with E-state index in [2.05, 4.69) is 127 Å². The summed E-state index contributed by atoms with van der Waals surface area (Å²) in [6.07, 6.45) is 2.41. The number of thioether (sulfide) groups is 3. The number of rotatable bonds is 8. The molecule has 0 aliphatic heterocycles.